The van der Waals surface area contributed by atoms with Crippen LogP contribution in [0.5, 0.6) is 5.75 Å². The van der Waals surface area contributed by atoms with Crippen LogP contribution >= 0.6 is 15.9 Å². The molecule has 0 saturated carbocycles. The van der Waals surface area contributed by atoms with Crippen LogP contribution in [0.15, 0.2) is 76.0 Å². The van der Waals surface area contributed by atoms with Crippen LogP contribution in [0.3, 0.4) is 0 Å². The zero-order valence-electron chi connectivity index (χ0n) is 14.1. The van der Waals surface area contributed by atoms with Gasteiger partial charge in [-0.05, 0) is 48.5 Å². The van der Waals surface area contributed by atoms with Crippen molar-refractivity contribution in [2.45, 2.75) is 6.61 Å². The topological polar surface area (TPSA) is 55.0 Å². The lowest BCUT2D eigenvalue weighted by Gasteiger charge is -2.08. The zero-order chi connectivity index (χ0) is 18.8. The summed E-state index contributed by atoms with van der Waals surface area (Å²) in [5.74, 6) is 0.771. The van der Waals surface area contributed by atoms with Gasteiger partial charge in [-0.25, -0.2) is 9.37 Å². The molecule has 1 N–H and O–H groups in total. The van der Waals surface area contributed by atoms with Gasteiger partial charge in [-0.2, -0.15) is 0 Å². The summed E-state index contributed by atoms with van der Waals surface area (Å²) >= 11 is 3.23. The minimum Gasteiger partial charge on any atom is -0.489 e. The second-order valence-electron chi connectivity index (χ2n) is 5.98. The highest BCUT2D eigenvalue weighted by molar-refractivity contribution is 9.10. The molecule has 4 rings (SSSR count). The standard InChI is InChI=1S/C21H14BrFN2O2/c22-15-8-5-14(18(23)11-15)12-27-16-9-6-13(7-10-16)20-24-19-4-2-1-3-17(19)21(26)25-20/h1-11H,12H2,(H,24,25,26). The van der Waals surface area contributed by atoms with E-state index in [0.29, 0.717) is 32.5 Å². The number of H-pyrrole nitrogens is 1. The second-order valence-corrected chi connectivity index (χ2v) is 6.90. The monoisotopic (exact) mass is 424 g/mol. The molecule has 0 amide bonds. The summed E-state index contributed by atoms with van der Waals surface area (Å²) in [4.78, 5) is 19.5. The van der Waals surface area contributed by atoms with E-state index in [1.54, 1.807) is 54.6 Å². The average Bonchev–Trinajstić information content (AvgIpc) is 2.68. The molecule has 0 fully saturated rings. The molecule has 0 saturated heterocycles. The molecule has 0 aliphatic carbocycles. The van der Waals surface area contributed by atoms with E-state index in [-0.39, 0.29) is 18.0 Å². The Morgan fingerprint density at radius 3 is 2.59 bits per heavy atom. The Bertz CT molecular complexity index is 1170. The average molecular weight is 425 g/mol. The van der Waals surface area contributed by atoms with Crippen molar-refractivity contribution in [3.05, 3.63) is 92.9 Å². The van der Waals surface area contributed by atoms with Crippen LogP contribution in [-0.2, 0) is 6.61 Å². The minimum absolute atomic E-state index is 0.128. The molecule has 0 unspecified atom stereocenters. The summed E-state index contributed by atoms with van der Waals surface area (Å²) in [5.41, 5.74) is 1.70. The molecule has 4 nitrogen and oxygen atoms in total. The Morgan fingerprint density at radius 2 is 1.81 bits per heavy atom. The quantitative estimate of drug-likeness (QED) is 0.497. The SMILES string of the molecule is O=c1[nH]c(-c2ccc(OCc3ccc(Br)cc3F)cc2)nc2ccccc12. The summed E-state index contributed by atoms with van der Waals surface area (Å²) < 4.78 is 20.2. The Hall–Kier alpha value is -2.99. The maximum absolute atomic E-state index is 13.9. The van der Waals surface area contributed by atoms with Crippen molar-refractivity contribution >= 4 is 26.8 Å². The van der Waals surface area contributed by atoms with E-state index in [1.807, 2.05) is 6.07 Å². The van der Waals surface area contributed by atoms with Crippen LogP contribution in [0.25, 0.3) is 22.3 Å². The maximum Gasteiger partial charge on any atom is 0.259 e. The first kappa shape index (κ1) is 17.4. The van der Waals surface area contributed by atoms with E-state index in [4.69, 9.17) is 4.74 Å². The van der Waals surface area contributed by atoms with Crippen LogP contribution in [0, 0.1) is 5.82 Å². The normalized spacial score (nSPS) is 10.9. The maximum atomic E-state index is 13.9. The first-order valence-electron chi connectivity index (χ1n) is 8.26. The van der Waals surface area contributed by atoms with Gasteiger partial charge in [0.1, 0.15) is 24.0 Å². The molecular weight excluding hydrogens is 411 g/mol. The van der Waals surface area contributed by atoms with Crippen molar-refractivity contribution in [3.8, 4) is 17.1 Å². The van der Waals surface area contributed by atoms with Crippen LogP contribution in [0.4, 0.5) is 4.39 Å². The molecule has 0 aliphatic heterocycles. The molecule has 27 heavy (non-hydrogen) atoms. The van der Waals surface area contributed by atoms with Gasteiger partial charge >= 0.3 is 0 Å². The molecule has 134 valence electrons. The lowest BCUT2D eigenvalue weighted by Crippen LogP contribution is -2.09. The zero-order valence-corrected chi connectivity index (χ0v) is 15.7. The van der Waals surface area contributed by atoms with Gasteiger partial charge in [0.15, 0.2) is 0 Å². The van der Waals surface area contributed by atoms with Crippen LogP contribution in [0.1, 0.15) is 5.56 Å². The predicted molar refractivity (Wildman–Crippen MR) is 106 cm³/mol. The summed E-state index contributed by atoms with van der Waals surface area (Å²) in [5, 5.41) is 0.553. The smallest absolute Gasteiger partial charge is 0.259 e. The van der Waals surface area contributed by atoms with Crippen LogP contribution < -0.4 is 10.3 Å². The van der Waals surface area contributed by atoms with Gasteiger partial charge in [-0.15, -0.1) is 0 Å². The Morgan fingerprint density at radius 1 is 1.04 bits per heavy atom. The number of hydrogen-bond acceptors (Lipinski definition) is 3. The Balaban J connectivity index is 1.54. The van der Waals surface area contributed by atoms with E-state index in [1.165, 1.54) is 6.07 Å². The fraction of sp³-hybridized carbons (Fsp3) is 0.0476. The fourth-order valence-electron chi connectivity index (χ4n) is 2.73. The minimum atomic E-state index is -0.320. The number of para-hydroxylation sites is 1. The highest BCUT2D eigenvalue weighted by Crippen LogP contribution is 2.22. The molecule has 1 aromatic heterocycles. The molecule has 3 aromatic carbocycles. The summed E-state index contributed by atoms with van der Waals surface area (Å²) in [6.07, 6.45) is 0. The number of fused-ring (bicyclic) bond motifs is 1. The Kier molecular flexibility index (Phi) is 4.73. The number of benzene rings is 3. The van der Waals surface area contributed by atoms with Crippen LogP contribution in [-0.4, -0.2) is 9.97 Å². The van der Waals surface area contributed by atoms with Crippen LogP contribution in [0.2, 0.25) is 0 Å². The Labute approximate surface area is 162 Å². The third kappa shape index (κ3) is 3.75. The first-order valence-corrected chi connectivity index (χ1v) is 9.06. The molecule has 1 heterocycles. The van der Waals surface area contributed by atoms with E-state index < -0.39 is 0 Å². The van der Waals surface area contributed by atoms with E-state index in [2.05, 4.69) is 25.9 Å². The van der Waals surface area contributed by atoms with Crippen molar-refractivity contribution in [1.29, 1.82) is 0 Å². The molecule has 0 radical (unpaired) electrons. The van der Waals surface area contributed by atoms with Gasteiger partial charge in [0.25, 0.3) is 5.56 Å². The molecule has 4 aromatic rings. The highest BCUT2D eigenvalue weighted by atomic mass is 79.9. The molecule has 0 atom stereocenters. The van der Waals surface area contributed by atoms with Crippen molar-refractivity contribution in [3.63, 3.8) is 0 Å². The molecule has 0 bridgehead atoms. The predicted octanol–water partition coefficient (Wildman–Crippen LogP) is 5.07. The third-order valence-electron chi connectivity index (χ3n) is 4.15. The van der Waals surface area contributed by atoms with E-state index >= 15 is 0 Å². The largest absolute Gasteiger partial charge is 0.489 e. The summed E-state index contributed by atoms with van der Waals surface area (Å²) in [7, 11) is 0. The van der Waals surface area contributed by atoms with Crippen molar-refractivity contribution in [2.24, 2.45) is 0 Å². The van der Waals surface area contributed by atoms with Gasteiger partial charge in [-0.1, -0.05) is 34.1 Å². The van der Waals surface area contributed by atoms with E-state index in [0.717, 1.165) is 5.56 Å². The molecule has 0 aliphatic rings. The van der Waals surface area contributed by atoms with Crippen molar-refractivity contribution in [2.75, 3.05) is 0 Å². The summed E-state index contributed by atoms with van der Waals surface area (Å²) in [6.45, 7) is 0.128. The van der Waals surface area contributed by atoms with Crippen molar-refractivity contribution < 1.29 is 9.13 Å². The summed E-state index contributed by atoms with van der Waals surface area (Å²) in [6, 6.07) is 19.2. The lowest BCUT2D eigenvalue weighted by atomic mass is 10.2. The first-order chi connectivity index (χ1) is 13.1. The second kappa shape index (κ2) is 7.32. The number of halogens is 2. The molecular formula is C21H14BrFN2O2. The number of nitrogens with one attached hydrogen (secondary N) is 1. The number of rotatable bonds is 4. The molecule has 0 spiro atoms. The van der Waals surface area contributed by atoms with E-state index in [9.17, 15) is 9.18 Å². The number of aromatic nitrogens is 2. The van der Waals surface area contributed by atoms with Gasteiger partial charge in [0, 0.05) is 15.6 Å². The van der Waals surface area contributed by atoms with Gasteiger partial charge in [0.2, 0.25) is 0 Å². The number of ether oxygens (including phenoxy) is 1. The number of nitrogens with zero attached hydrogens (tertiary/aromatic N) is 1. The lowest BCUT2D eigenvalue weighted by molar-refractivity contribution is 0.300. The highest BCUT2D eigenvalue weighted by Gasteiger charge is 2.07. The third-order valence-corrected chi connectivity index (χ3v) is 4.64. The molecule has 6 heteroatoms. The number of aromatic amines is 1. The number of hydrogen-bond donors (Lipinski definition) is 1. The van der Waals surface area contributed by atoms with Gasteiger partial charge < -0.3 is 9.72 Å². The van der Waals surface area contributed by atoms with Crippen molar-refractivity contribution in [1.82, 2.24) is 9.97 Å². The van der Waals surface area contributed by atoms with Gasteiger partial charge in [-0.3, -0.25) is 4.79 Å². The van der Waals surface area contributed by atoms with Gasteiger partial charge in [0.05, 0.1) is 10.9 Å². The fourth-order valence-corrected chi connectivity index (χ4v) is 3.07.